The smallest absolute Gasteiger partial charge is 0.269 e. The zero-order valence-electron chi connectivity index (χ0n) is 19.0. The van der Waals surface area contributed by atoms with Crippen molar-refractivity contribution in [2.24, 2.45) is 17.1 Å². The van der Waals surface area contributed by atoms with Crippen LogP contribution in [0.5, 0.6) is 0 Å². The average molecular weight is 456 g/mol. The number of halogens is 1. The van der Waals surface area contributed by atoms with Crippen molar-refractivity contribution in [1.82, 2.24) is 20.0 Å². The number of fused-ring (bicyclic) bond motifs is 2. The largest absolute Gasteiger partial charge is 0.364 e. The number of hydrogen-bond acceptors (Lipinski definition) is 4. The van der Waals surface area contributed by atoms with Gasteiger partial charge in [0, 0.05) is 17.5 Å². The lowest BCUT2D eigenvalue weighted by Gasteiger charge is -2.36. The van der Waals surface area contributed by atoms with Gasteiger partial charge < -0.3 is 16.0 Å². The summed E-state index contributed by atoms with van der Waals surface area (Å²) in [5.41, 5.74) is 5.96. The van der Waals surface area contributed by atoms with Gasteiger partial charge in [-0.2, -0.15) is 5.10 Å². The summed E-state index contributed by atoms with van der Waals surface area (Å²) in [6.07, 6.45) is 5.70. The number of amides is 3. The Kier molecular flexibility index (Phi) is 5.17. The van der Waals surface area contributed by atoms with Crippen LogP contribution in [0.1, 0.15) is 62.9 Å². The molecule has 3 fully saturated rings. The SMILES string of the molecule is CC1(C)CCC[C@@H](NC(=O)[C@@H]2CC3C[C@H]3N2C(=O)Cn2nc(C(N)=O)c3ccc(F)cc32)C1. The molecule has 1 aromatic heterocycles. The molecule has 2 aliphatic carbocycles. The van der Waals surface area contributed by atoms with Gasteiger partial charge in [0.25, 0.3) is 5.91 Å². The second kappa shape index (κ2) is 7.81. The Bertz CT molecular complexity index is 1140. The van der Waals surface area contributed by atoms with Crippen LogP contribution in [-0.2, 0) is 16.1 Å². The van der Waals surface area contributed by atoms with E-state index in [9.17, 15) is 18.8 Å². The predicted molar refractivity (Wildman–Crippen MR) is 120 cm³/mol. The Hall–Kier alpha value is -2.97. The third-order valence-corrected chi connectivity index (χ3v) is 7.48. The molecule has 0 radical (unpaired) electrons. The number of primary amides is 1. The highest BCUT2D eigenvalue weighted by molar-refractivity contribution is 6.04. The minimum absolute atomic E-state index is 0.00211. The monoisotopic (exact) mass is 455 g/mol. The minimum Gasteiger partial charge on any atom is -0.364 e. The van der Waals surface area contributed by atoms with Crippen LogP contribution in [0.4, 0.5) is 4.39 Å². The number of nitrogens with zero attached hydrogens (tertiary/aromatic N) is 3. The molecule has 3 aliphatic rings. The van der Waals surface area contributed by atoms with E-state index in [1.54, 1.807) is 4.90 Å². The minimum atomic E-state index is -0.742. The van der Waals surface area contributed by atoms with Crippen LogP contribution < -0.4 is 11.1 Å². The van der Waals surface area contributed by atoms with Crippen molar-refractivity contribution in [3.63, 3.8) is 0 Å². The van der Waals surface area contributed by atoms with E-state index in [1.807, 2.05) is 0 Å². The number of likely N-dealkylation sites (tertiary alicyclic amines) is 1. The highest BCUT2D eigenvalue weighted by Gasteiger charge is 2.56. The van der Waals surface area contributed by atoms with Crippen LogP contribution in [0.15, 0.2) is 18.2 Å². The van der Waals surface area contributed by atoms with E-state index in [0.717, 1.165) is 32.1 Å². The van der Waals surface area contributed by atoms with Crippen LogP contribution in [0, 0.1) is 17.2 Å². The Morgan fingerprint density at radius 3 is 2.79 bits per heavy atom. The molecule has 3 N–H and O–H groups in total. The van der Waals surface area contributed by atoms with Crippen molar-refractivity contribution in [3.8, 4) is 0 Å². The van der Waals surface area contributed by atoms with Crippen molar-refractivity contribution >= 4 is 28.6 Å². The molecular formula is C24H30FN5O3. The molecule has 3 amide bonds. The number of benzene rings is 1. The van der Waals surface area contributed by atoms with Gasteiger partial charge in [-0.3, -0.25) is 19.1 Å². The third-order valence-electron chi connectivity index (χ3n) is 7.48. The van der Waals surface area contributed by atoms with Gasteiger partial charge in [0.05, 0.1) is 5.52 Å². The van der Waals surface area contributed by atoms with Crippen molar-refractivity contribution < 1.29 is 18.8 Å². The Morgan fingerprint density at radius 1 is 1.27 bits per heavy atom. The van der Waals surface area contributed by atoms with E-state index in [0.29, 0.717) is 23.2 Å². The molecule has 2 saturated carbocycles. The first-order valence-electron chi connectivity index (χ1n) is 11.7. The maximum Gasteiger partial charge on any atom is 0.269 e. The van der Waals surface area contributed by atoms with Crippen LogP contribution in [0.3, 0.4) is 0 Å². The van der Waals surface area contributed by atoms with E-state index < -0.39 is 17.8 Å². The summed E-state index contributed by atoms with van der Waals surface area (Å²) >= 11 is 0. The first kappa shape index (κ1) is 21.9. The summed E-state index contributed by atoms with van der Waals surface area (Å²) in [4.78, 5) is 40.0. The van der Waals surface area contributed by atoms with E-state index in [1.165, 1.54) is 22.9 Å². The molecule has 1 unspecified atom stereocenters. The fourth-order valence-corrected chi connectivity index (χ4v) is 5.83. The third kappa shape index (κ3) is 4.09. The highest BCUT2D eigenvalue weighted by Crippen LogP contribution is 2.48. The summed E-state index contributed by atoms with van der Waals surface area (Å²) < 4.78 is 15.2. The lowest BCUT2D eigenvalue weighted by atomic mass is 9.75. The topological polar surface area (TPSA) is 110 Å². The Morgan fingerprint density at radius 2 is 2.06 bits per heavy atom. The molecule has 176 valence electrons. The standard InChI is InChI=1S/C24H30FN5O3/c1-24(2)7-3-4-15(11-24)27-23(33)19-9-13-8-17(13)30(19)20(31)12-29-18-10-14(25)5-6-16(18)21(28-29)22(26)32/h5-6,10,13,15,17,19H,3-4,7-9,11-12H2,1-2H3,(H2,26,32)(H,27,33)/t13?,15-,17-,19+/m1/s1. The normalized spacial score (nSPS) is 27.9. The van der Waals surface area contributed by atoms with Gasteiger partial charge in [0.1, 0.15) is 18.4 Å². The van der Waals surface area contributed by atoms with Crippen LogP contribution in [-0.4, -0.2) is 50.5 Å². The number of piperidine rings is 1. The summed E-state index contributed by atoms with van der Waals surface area (Å²) in [5, 5.41) is 7.78. The van der Waals surface area contributed by atoms with Gasteiger partial charge in [-0.1, -0.05) is 20.3 Å². The molecule has 2 heterocycles. The molecule has 5 rings (SSSR count). The first-order chi connectivity index (χ1) is 15.6. The van der Waals surface area contributed by atoms with Crippen molar-refractivity contribution in [1.29, 1.82) is 0 Å². The lowest BCUT2D eigenvalue weighted by Crippen LogP contribution is -2.52. The maximum absolute atomic E-state index is 13.9. The second-order valence-corrected chi connectivity index (χ2v) is 10.6. The number of hydrogen-bond donors (Lipinski definition) is 2. The average Bonchev–Trinajstić information content (AvgIpc) is 3.24. The molecule has 4 atom stereocenters. The molecule has 0 spiro atoms. The molecule has 9 heteroatoms. The summed E-state index contributed by atoms with van der Waals surface area (Å²) in [7, 11) is 0. The number of nitrogens with two attached hydrogens (primary N) is 1. The summed E-state index contributed by atoms with van der Waals surface area (Å²) in [6.45, 7) is 4.27. The molecular weight excluding hydrogens is 425 g/mol. The maximum atomic E-state index is 13.9. The molecule has 1 aromatic carbocycles. The van der Waals surface area contributed by atoms with Gasteiger partial charge in [-0.05, 0) is 61.6 Å². The summed E-state index contributed by atoms with van der Waals surface area (Å²) in [6, 6.07) is 3.59. The van der Waals surface area contributed by atoms with Crippen molar-refractivity contribution in [2.75, 3.05) is 0 Å². The second-order valence-electron chi connectivity index (χ2n) is 10.6. The van der Waals surface area contributed by atoms with Crippen LogP contribution >= 0.6 is 0 Å². The molecule has 1 aliphatic heterocycles. The zero-order valence-corrected chi connectivity index (χ0v) is 19.0. The zero-order chi connectivity index (χ0) is 23.5. The first-order valence-corrected chi connectivity index (χ1v) is 11.7. The van der Waals surface area contributed by atoms with Crippen LogP contribution in [0.2, 0.25) is 0 Å². The van der Waals surface area contributed by atoms with Gasteiger partial charge in [-0.25, -0.2) is 4.39 Å². The van der Waals surface area contributed by atoms with Gasteiger partial charge in [-0.15, -0.1) is 0 Å². The number of carbonyl (C=O) groups excluding carboxylic acids is 3. The number of aromatic nitrogens is 2. The van der Waals surface area contributed by atoms with E-state index in [4.69, 9.17) is 5.73 Å². The van der Waals surface area contributed by atoms with Gasteiger partial charge in [0.2, 0.25) is 11.8 Å². The van der Waals surface area contributed by atoms with E-state index in [-0.39, 0.29) is 41.6 Å². The molecule has 2 aromatic rings. The highest BCUT2D eigenvalue weighted by atomic mass is 19.1. The number of carbonyl (C=O) groups is 3. The van der Waals surface area contributed by atoms with Crippen molar-refractivity contribution in [3.05, 3.63) is 29.7 Å². The van der Waals surface area contributed by atoms with Gasteiger partial charge in [0.15, 0.2) is 5.69 Å². The molecule has 1 saturated heterocycles. The molecule has 33 heavy (non-hydrogen) atoms. The predicted octanol–water partition coefficient (Wildman–Crippen LogP) is 2.35. The number of nitrogens with one attached hydrogen (secondary N) is 1. The fraction of sp³-hybridized carbons (Fsp3) is 0.583. The fourth-order valence-electron chi connectivity index (χ4n) is 5.83. The van der Waals surface area contributed by atoms with E-state index in [2.05, 4.69) is 24.3 Å². The molecule has 8 nitrogen and oxygen atoms in total. The quantitative estimate of drug-likeness (QED) is 0.721. The Balaban J connectivity index is 1.34. The molecule has 0 bridgehead atoms. The lowest BCUT2D eigenvalue weighted by molar-refractivity contribution is -0.140. The van der Waals surface area contributed by atoms with Gasteiger partial charge >= 0.3 is 0 Å². The van der Waals surface area contributed by atoms with E-state index >= 15 is 0 Å². The Labute approximate surface area is 191 Å². The summed E-state index contributed by atoms with van der Waals surface area (Å²) in [5.74, 6) is -1.24. The van der Waals surface area contributed by atoms with Crippen molar-refractivity contribution in [2.45, 2.75) is 77.0 Å². The number of rotatable bonds is 5. The van der Waals surface area contributed by atoms with Crippen LogP contribution in [0.25, 0.3) is 10.9 Å².